The number of aromatic nitrogens is 2. The Kier molecular flexibility index (Phi) is 3.22. The zero-order valence-electron chi connectivity index (χ0n) is 9.23. The van der Waals surface area contributed by atoms with Crippen molar-refractivity contribution >= 4 is 5.69 Å². The number of nitrogens with zero attached hydrogens (tertiary/aromatic N) is 1. The van der Waals surface area contributed by atoms with Gasteiger partial charge in [-0.3, -0.25) is 5.10 Å². The van der Waals surface area contributed by atoms with Crippen LogP contribution in [0.5, 0.6) is 0 Å². The van der Waals surface area contributed by atoms with Crippen molar-refractivity contribution in [2.24, 2.45) is 0 Å². The third-order valence-electron chi connectivity index (χ3n) is 2.38. The topological polar surface area (TPSA) is 63.9 Å². The van der Waals surface area contributed by atoms with Crippen molar-refractivity contribution in [2.75, 3.05) is 12.3 Å². The summed E-state index contributed by atoms with van der Waals surface area (Å²) in [5.41, 5.74) is 9.30. The number of nitrogen functional groups attached to an aromatic ring is 1. The predicted octanol–water partition coefficient (Wildman–Crippen LogP) is 2.20. The van der Waals surface area contributed by atoms with Gasteiger partial charge in [0.15, 0.2) is 0 Å². The lowest BCUT2D eigenvalue weighted by atomic mass is 10.1. The zero-order valence-corrected chi connectivity index (χ0v) is 9.23. The number of nitrogens with two attached hydrogens (primary N) is 1. The minimum atomic E-state index is 0.474. The van der Waals surface area contributed by atoms with Crippen LogP contribution in [-0.4, -0.2) is 16.8 Å². The summed E-state index contributed by atoms with van der Waals surface area (Å²) in [7, 11) is 0. The smallest absolute Gasteiger partial charge is 0.115 e. The molecule has 3 N–H and O–H groups in total. The van der Waals surface area contributed by atoms with Crippen LogP contribution in [0, 0.1) is 0 Å². The number of ether oxygens (including phenoxy) is 1. The Balaban J connectivity index is 2.27. The second-order valence-corrected chi connectivity index (χ2v) is 3.47. The van der Waals surface area contributed by atoms with Gasteiger partial charge < -0.3 is 10.5 Å². The van der Waals surface area contributed by atoms with Crippen molar-refractivity contribution in [2.45, 2.75) is 13.5 Å². The molecule has 0 bridgehead atoms. The SMILES string of the molecule is CCOCc1[nH]nc(-c2ccccc2)c1N. The van der Waals surface area contributed by atoms with E-state index in [2.05, 4.69) is 10.2 Å². The van der Waals surface area contributed by atoms with Crippen LogP contribution in [-0.2, 0) is 11.3 Å². The van der Waals surface area contributed by atoms with Crippen molar-refractivity contribution in [3.05, 3.63) is 36.0 Å². The van der Waals surface area contributed by atoms with Crippen molar-refractivity contribution < 1.29 is 4.74 Å². The second kappa shape index (κ2) is 4.81. The summed E-state index contributed by atoms with van der Waals surface area (Å²) in [6.45, 7) is 3.09. The van der Waals surface area contributed by atoms with Crippen molar-refractivity contribution in [1.29, 1.82) is 0 Å². The van der Waals surface area contributed by atoms with Crippen LogP contribution in [0.4, 0.5) is 5.69 Å². The molecule has 1 aromatic carbocycles. The standard InChI is InChI=1S/C12H15N3O/c1-2-16-8-10-11(13)12(15-14-10)9-6-4-3-5-7-9/h3-7H,2,8,13H2,1H3,(H,14,15). The number of anilines is 1. The second-order valence-electron chi connectivity index (χ2n) is 3.47. The van der Waals surface area contributed by atoms with Crippen LogP contribution in [0.1, 0.15) is 12.6 Å². The van der Waals surface area contributed by atoms with Crippen LogP contribution in [0.25, 0.3) is 11.3 Å². The molecule has 0 aliphatic heterocycles. The molecule has 1 aromatic heterocycles. The van der Waals surface area contributed by atoms with Gasteiger partial charge in [0.1, 0.15) is 5.69 Å². The number of aromatic amines is 1. The molecule has 0 saturated heterocycles. The molecule has 16 heavy (non-hydrogen) atoms. The largest absolute Gasteiger partial charge is 0.395 e. The molecule has 1 heterocycles. The van der Waals surface area contributed by atoms with E-state index in [0.717, 1.165) is 17.0 Å². The van der Waals surface area contributed by atoms with Gasteiger partial charge in [0, 0.05) is 12.2 Å². The van der Waals surface area contributed by atoms with E-state index in [1.807, 2.05) is 37.3 Å². The van der Waals surface area contributed by atoms with Crippen molar-refractivity contribution in [3.63, 3.8) is 0 Å². The van der Waals surface area contributed by atoms with Gasteiger partial charge in [-0.15, -0.1) is 0 Å². The minimum Gasteiger partial charge on any atom is -0.395 e. The summed E-state index contributed by atoms with van der Waals surface area (Å²) in [6.07, 6.45) is 0. The Hall–Kier alpha value is -1.81. The molecule has 2 aromatic rings. The van der Waals surface area contributed by atoms with E-state index >= 15 is 0 Å². The average Bonchev–Trinajstić information content (AvgIpc) is 2.69. The Morgan fingerprint density at radius 1 is 1.31 bits per heavy atom. The van der Waals surface area contributed by atoms with Crippen molar-refractivity contribution in [1.82, 2.24) is 10.2 Å². The molecule has 2 rings (SSSR count). The maximum atomic E-state index is 6.00. The maximum Gasteiger partial charge on any atom is 0.115 e. The molecule has 0 aliphatic rings. The predicted molar refractivity (Wildman–Crippen MR) is 63.8 cm³/mol. The summed E-state index contributed by atoms with van der Waals surface area (Å²) in [5.74, 6) is 0. The van der Waals surface area contributed by atoms with Gasteiger partial charge in [-0.1, -0.05) is 30.3 Å². The third-order valence-corrected chi connectivity index (χ3v) is 2.38. The molecular formula is C12H15N3O. The highest BCUT2D eigenvalue weighted by atomic mass is 16.5. The van der Waals surface area contributed by atoms with Gasteiger partial charge in [0.2, 0.25) is 0 Å². The summed E-state index contributed by atoms with van der Waals surface area (Å²) in [5, 5.41) is 7.12. The first-order valence-electron chi connectivity index (χ1n) is 5.28. The average molecular weight is 217 g/mol. The quantitative estimate of drug-likeness (QED) is 0.825. The van der Waals surface area contributed by atoms with Crippen LogP contribution >= 0.6 is 0 Å². The van der Waals surface area contributed by atoms with Gasteiger partial charge in [0.25, 0.3) is 0 Å². The van der Waals surface area contributed by atoms with Gasteiger partial charge in [-0.2, -0.15) is 5.10 Å². The molecular weight excluding hydrogens is 202 g/mol. The lowest BCUT2D eigenvalue weighted by Crippen LogP contribution is -1.96. The molecule has 4 nitrogen and oxygen atoms in total. The molecule has 0 radical (unpaired) electrons. The molecule has 0 fully saturated rings. The Labute approximate surface area is 94.4 Å². The fourth-order valence-electron chi connectivity index (χ4n) is 1.52. The monoisotopic (exact) mass is 217 g/mol. The molecule has 4 heteroatoms. The van der Waals surface area contributed by atoms with E-state index in [1.165, 1.54) is 0 Å². The normalized spacial score (nSPS) is 10.6. The lowest BCUT2D eigenvalue weighted by Gasteiger charge is -2.00. The number of nitrogens with one attached hydrogen (secondary N) is 1. The first-order valence-corrected chi connectivity index (χ1v) is 5.28. The van der Waals surface area contributed by atoms with E-state index in [1.54, 1.807) is 0 Å². The van der Waals surface area contributed by atoms with E-state index in [0.29, 0.717) is 18.9 Å². The number of H-pyrrole nitrogens is 1. The Morgan fingerprint density at radius 2 is 2.06 bits per heavy atom. The van der Waals surface area contributed by atoms with Crippen LogP contribution in [0.3, 0.4) is 0 Å². The summed E-state index contributed by atoms with van der Waals surface area (Å²) in [6, 6.07) is 9.86. The molecule has 0 unspecified atom stereocenters. The van der Waals surface area contributed by atoms with Gasteiger partial charge in [-0.25, -0.2) is 0 Å². The lowest BCUT2D eigenvalue weighted by molar-refractivity contribution is 0.131. The molecule has 0 saturated carbocycles. The fourth-order valence-corrected chi connectivity index (χ4v) is 1.52. The number of benzene rings is 1. The molecule has 0 atom stereocenters. The van der Waals surface area contributed by atoms with Gasteiger partial charge in [-0.05, 0) is 6.92 Å². The van der Waals surface area contributed by atoms with E-state index in [9.17, 15) is 0 Å². The zero-order chi connectivity index (χ0) is 11.4. The van der Waals surface area contributed by atoms with Crippen LogP contribution in [0.15, 0.2) is 30.3 Å². The highest BCUT2D eigenvalue weighted by Gasteiger charge is 2.10. The Bertz CT molecular complexity index is 451. The summed E-state index contributed by atoms with van der Waals surface area (Å²) < 4.78 is 5.30. The number of rotatable bonds is 4. The van der Waals surface area contributed by atoms with Gasteiger partial charge >= 0.3 is 0 Å². The summed E-state index contributed by atoms with van der Waals surface area (Å²) in [4.78, 5) is 0. The summed E-state index contributed by atoms with van der Waals surface area (Å²) >= 11 is 0. The minimum absolute atomic E-state index is 0.474. The van der Waals surface area contributed by atoms with Crippen LogP contribution < -0.4 is 5.73 Å². The highest BCUT2D eigenvalue weighted by molar-refractivity contribution is 5.73. The van der Waals surface area contributed by atoms with Gasteiger partial charge in [0.05, 0.1) is 18.0 Å². The fraction of sp³-hybridized carbons (Fsp3) is 0.250. The molecule has 0 amide bonds. The molecule has 0 spiro atoms. The van der Waals surface area contributed by atoms with E-state index < -0.39 is 0 Å². The highest BCUT2D eigenvalue weighted by Crippen LogP contribution is 2.25. The molecule has 84 valence electrons. The number of hydrogen-bond donors (Lipinski definition) is 2. The van der Waals surface area contributed by atoms with Crippen LogP contribution in [0.2, 0.25) is 0 Å². The Morgan fingerprint density at radius 3 is 2.75 bits per heavy atom. The van der Waals surface area contributed by atoms with E-state index in [-0.39, 0.29) is 0 Å². The molecule has 0 aliphatic carbocycles. The number of hydrogen-bond acceptors (Lipinski definition) is 3. The van der Waals surface area contributed by atoms with Crippen molar-refractivity contribution in [3.8, 4) is 11.3 Å². The first-order chi connectivity index (χ1) is 7.83. The van der Waals surface area contributed by atoms with E-state index in [4.69, 9.17) is 10.5 Å². The first kappa shape index (κ1) is 10.7. The third kappa shape index (κ3) is 2.06. The maximum absolute atomic E-state index is 6.00.